The van der Waals surface area contributed by atoms with Gasteiger partial charge in [0, 0.05) is 11.4 Å². The zero-order valence-electron chi connectivity index (χ0n) is 14.0. The first-order valence-electron chi connectivity index (χ1n) is 8.12. The quantitative estimate of drug-likeness (QED) is 0.781. The zero-order valence-corrected chi connectivity index (χ0v) is 14.8. The van der Waals surface area contributed by atoms with Gasteiger partial charge >= 0.3 is 0 Å². The molecule has 2 N–H and O–H groups in total. The van der Waals surface area contributed by atoms with Crippen molar-refractivity contribution in [2.45, 2.75) is 23.8 Å². The predicted octanol–water partition coefficient (Wildman–Crippen LogP) is 2.86. The number of carbonyl (C=O) groups excluding carboxylic acids is 2. The summed E-state index contributed by atoms with van der Waals surface area (Å²) in [7, 11) is 0. The number of amides is 2. The van der Waals surface area contributed by atoms with Crippen LogP contribution in [0.2, 0.25) is 0 Å². The van der Waals surface area contributed by atoms with Crippen molar-refractivity contribution in [3.8, 4) is 5.75 Å². The van der Waals surface area contributed by atoms with Gasteiger partial charge in [-0.1, -0.05) is 24.3 Å². The lowest BCUT2D eigenvalue weighted by molar-refractivity contribution is -0.130. The number of rotatable bonds is 6. The summed E-state index contributed by atoms with van der Waals surface area (Å²) in [5.74, 6) is 0.107. The standard InChI is InChI=1S/C19H20N2O3S/c1-25-14-8-6-13(7-9-14)10-11-20-18(22)12-17-19(23)21-15-4-2-3-5-16(15)24-17/h2-9,17H,10-12H2,1H3,(H,20,22)(H,21,23)/t17-/m1/s1. The number of para-hydroxylation sites is 2. The van der Waals surface area contributed by atoms with E-state index in [1.54, 1.807) is 23.9 Å². The molecule has 0 unspecified atom stereocenters. The number of fused-ring (bicyclic) bond motifs is 1. The zero-order chi connectivity index (χ0) is 17.6. The molecule has 1 heterocycles. The van der Waals surface area contributed by atoms with Gasteiger partial charge in [-0.2, -0.15) is 0 Å². The Labute approximate surface area is 151 Å². The van der Waals surface area contributed by atoms with E-state index in [2.05, 4.69) is 34.9 Å². The van der Waals surface area contributed by atoms with Crippen LogP contribution in [-0.4, -0.2) is 30.7 Å². The van der Waals surface area contributed by atoms with E-state index in [-0.39, 0.29) is 18.2 Å². The SMILES string of the molecule is CSc1ccc(CCNC(=O)C[C@H]2Oc3ccccc3NC2=O)cc1. The molecule has 6 heteroatoms. The minimum atomic E-state index is -0.796. The van der Waals surface area contributed by atoms with Crippen LogP contribution in [0.3, 0.4) is 0 Å². The molecule has 1 aliphatic rings. The summed E-state index contributed by atoms with van der Waals surface area (Å²) in [5, 5.41) is 5.61. The smallest absolute Gasteiger partial charge is 0.266 e. The molecule has 2 amide bonds. The van der Waals surface area contributed by atoms with Crippen LogP contribution >= 0.6 is 11.8 Å². The third kappa shape index (κ3) is 4.54. The second kappa shape index (κ2) is 8.07. The molecule has 0 saturated heterocycles. The number of benzene rings is 2. The fourth-order valence-electron chi connectivity index (χ4n) is 2.61. The Morgan fingerprint density at radius 1 is 1.20 bits per heavy atom. The summed E-state index contributed by atoms with van der Waals surface area (Å²) in [6.07, 6.45) is 2.00. The highest BCUT2D eigenvalue weighted by molar-refractivity contribution is 7.98. The van der Waals surface area contributed by atoms with E-state index in [1.807, 2.05) is 18.4 Å². The Bertz CT molecular complexity index is 762. The van der Waals surface area contributed by atoms with Crippen LogP contribution in [0.4, 0.5) is 5.69 Å². The van der Waals surface area contributed by atoms with Crippen molar-refractivity contribution in [3.05, 3.63) is 54.1 Å². The Balaban J connectivity index is 1.47. The van der Waals surface area contributed by atoms with Gasteiger partial charge in [-0.15, -0.1) is 11.8 Å². The minimum Gasteiger partial charge on any atom is -0.478 e. The fraction of sp³-hybridized carbons (Fsp3) is 0.263. The molecule has 25 heavy (non-hydrogen) atoms. The van der Waals surface area contributed by atoms with E-state index in [4.69, 9.17) is 4.74 Å². The molecule has 5 nitrogen and oxygen atoms in total. The van der Waals surface area contributed by atoms with Gasteiger partial charge in [-0.3, -0.25) is 9.59 Å². The van der Waals surface area contributed by atoms with Crippen LogP contribution in [0.5, 0.6) is 5.75 Å². The van der Waals surface area contributed by atoms with Crippen molar-refractivity contribution in [1.29, 1.82) is 0 Å². The monoisotopic (exact) mass is 356 g/mol. The molecule has 1 atom stereocenters. The van der Waals surface area contributed by atoms with E-state index in [0.29, 0.717) is 18.0 Å². The maximum Gasteiger partial charge on any atom is 0.266 e. The molecule has 1 aliphatic heterocycles. The minimum absolute atomic E-state index is 0.00554. The Morgan fingerprint density at radius 3 is 2.72 bits per heavy atom. The Morgan fingerprint density at radius 2 is 1.96 bits per heavy atom. The molecule has 2 aromatic rings. The first kappa shape index (κ1) is 17.4. The fourth-order valence-corrected chi connectivity index (χ4v) is 3.01. The second-order valence-corrected chi connectivity index (χ2v) is 6.62. The number of nitrogens with one attached hydrogen (secondary N) is 2. The number of carbonyl (C=O) groups is 2. The van der Waals surface area contributed by atoms with Gasteiger partial charge in [-0.05, 0) is 42.5 Å². The number of anilines is 1. The molecular weight excluding hydrogens is 336 g/mol. The van der Waals surface area contributed by atoms with Crippen molar-refractivity contribution >= 4 is 29.3 Å². The van der Waals surface area contributed by atoms with Gasteiger partial charge in [0.2, 0.25) is 5.91 Å². The molecule has 2 aromatic carbocycles. The summed E-state index contributed by atoms with van der Waals surface area (Å²) in [4.78, 5) is 25.3. The predicted molar refractivity (Wildman–Crippen MR) is 99.0 cm³/mol. The number of ether oxygens (including phenoxy) is 1. The Hall–Kier alpha value is -2.47. The average molecular weight is 356 g/mol. The maximum absolute atomic E-state index is 12.1. The van der Waals surface area contributed by atoms with Crippen molar-refractivity contribution in [2.24, 2.45) is 0 Å². The van der Waals surface area contributed by atoms with Gasteiger partial charge in [-0.25, -0.2) is 0 Å². The lowest BCUT2D eigenvalue weighted by atomic mass is 10.1. The molecule has 0 saturated carbocycles. The number of hydrogen-bond acceptors (Lipinski definition) is 4. The Kier molecular flexibility index (Phi) is 5.60. The van der Waals surface area contributed by atoms with Crippen LogP contribution in [0.1, 0.15) is 12.0 Å². The van der Waals surface area contributed by atoms with E-state index in [9.17, 15) is 9.59 Å². The van der Waals surface area contributed by atoms with Crippen molar-refractivity contribution in [1.82, 2.24) is 5.32 Å². The average Bonchev–Trinajstić information content (AvgIpc) is 2.63. The van der Waals surface area contributed by atoms with Gasteiger partial charge in [0.05, 0.1) is 12.1 Å². The molecule has 0 fully saturated rings. The first-order chi connectivity index (χ1) is 12.2. The van der Waals surface area contributed by atoms with E-state index in [1.165, 1.54) is 10.5 Å². The largest absolute Gasteiger partial charge is 0.478 e. The molecule has 0 radical (unpaired) electrons. The van der Waals surface area contributed by atoms with Gasteiger partial charge in [0.25, 0.3) is 5.91 Å². The molecule has 0 spiro atoms. The number of thioether (sulfide) groups is 1. The van der Waals surface area contributed by atoms with Crippen LogP contribution in [0.15, 0.2) is 53.4 Å². The first-order valence-corrected chi connectivity index (χ1v) is 9.34. The van der Waals surface area contributed by atoms with Crippen molar-refractivity contribution < 1.29 is 14.3 Å². The van der Waals surface area contributed by atoms with E-state index >= 15 is 0 Å². The van der Waals surface area contributed by atoms with E-state index < -0.39 is 6.10 Å². The van der Waals surface area contributed by atoms with Crippen LogP contribution in [0.25, 0.3) is 0 Å². The lowest BCUT2D eigenvalue weighted by Crippen LogP contribution is -2.41. The molecule has 0 aromatic heterocycles. The van der Waals surface area contributed by atoms with Crippen LogP contribution in [0, 0.1) is 0 Å². The van der Waals surface area contributed by atoms with Gasteiger partial charge < -0.3 is 15.4 Å². The summed E-state index contributed by atoms with van der Waals surface area (Å²) in [6, 6.07) is 15.5. The highest BCUT2D eigenvalue weighted by Crippen LogP contribution is 2.29. The summed E-state index contributed by atoms with van der Waals surface area (Å²) >= 11 is 1.70. The number of hydrogen-bond donors (Lipinski definition) is 2. The molecule has 0 bridgehead atoms. The second-order valence-electron chi connectivity index (χ2n) is 5.74. The van der Waals surface area contributed by atoms with Gasteiger partial charge in [0.15, 0.2) is 6.10 Å². The molecule has 130 valence electrons. The lowest BCUT2D eigenvalue weighted by Gasteiger charge is -2.25. The molecule has 3 rings (SSSR count). The summed E-state index contributed by atoms with van der Waals surface area (Å²) in [6.45, 7) is 0.530. The van der Waals surface area contributed by atoms with Crippen LogP contribution < -0.4 is 15.4 Å². The normalized spacial score (nSPS) is 15.7. The molecular formula is C19H20N2O3S. The summed E-state index contributed by atoms with van der Waals surface area (Å²) < 4.78 is 5.63. The van der Waals surface area contributed by atoms with Crippen LogP contribution in [-0.2, 0) is 16.0 Å². The third-order valence-corrected chi connectivity index (χ3v) is 4.72. The highest BCUT2D eigenvalue weighted by Gasteiger charge is 2.29. The highest BCUT2D eigenvalue weighted by atomic mass is 32.2. The third-order valence-electron chi connectivity index (χ3n) is 3.97. The van der Waals surface area contributed by atoms with Crippen molar-refractivity contribution in [3.63, 3.8) is 0 Å². The molecule has 0 aliphatic carbocycles. The summed E-state index contributed by atoms with van der Waals surface area (Å²) in [5.41, 5.74) is 1.80. The van der Waals surface area contributed by atoms with E-state index in [0.717, 1.165) is 6.42 Å². The van der Waals surface area contributed by atoms with Gasteiger partial charge in [0.1, 0.15) is 5.75 Å². The topological polar surface area (TPSA) is 67.4 Å². The maximum atomic E-state index is 12.1. The van der Waals surface area contributed by atoms with Crippen molar-refractivity contribution in [2.75, 3.05) is 18.1 Å².